The molecule has 2 aliphatic rings. The van der Waals surface area contributed by atoms with Gasteiger partial charge in [0, 0.05) is 28.8 Å². The number of para-hydroxylation sites is 1. The third-order valence-corrected chi connectivity index (χ3v) is 6.97. The summed E-state index contributed by atoms with van der Waals surface area (Å²) < 4.78 is 7.32. The molecule has 2 aliphatic heterocycles. The summed E-state index contributed by atoms with van der Waals surface area (Å²) in [4.78, 5) is 1.33. The molecule has 2 aromatic heterocycles. The maximum absolute atomic E-state index is 6.45. The van der Waals surface area contributed by atoms with Gasteiger partial charge in [0.05, 0.1) is 22.7 Å². The summed E-state index contributed by atoms with van der Waals surface area (Å²) in [7, 11) is 0. The van der Waals surface area contributed by atoms with Crippen LogP contribution in [0.25, 0.3) is 10.9 Å². The van der Waals surface area contributed by atoms with E-state index in [1.165, 1.54) is 16.0 Å². The molecule has 1 fully saturated rings. The van der Waals surface area contributed by atoms with Crippen LogP contribution in [0, 0.1) is 0 Å². The number of thiophene rings is 1. The quantitative estimate of drug-likeness (QED) is 0.657. The van der Waals surface area contributed by atoms with Gasteiger partial charge in [0.2, 0.25) is 0 Å². The molecule has 130 valence electrons. The first-order chi connectivity index (χ1) is 12.1. The molecule has 3 atom stereocenters. The van der Waals surface area contributed by atoms with Crippen molar-refractivity contribution in [3.05, 3.63) is 50.8 Å². The number of nitrogens with zero attached hydrogens (tertiary/aromatic N) is 1. The fourth-order valence-corrected chi connectivity index (χ4v) is 6.01. The van der Waals surface area contributed by atoms with Crippen LogP contribution in [-0.4, -0.2) is 22.8 Å². The number of piperidine rings is 1. The van der Waals surface area contributed by atoms with Crippen LogP contribution in [0.15, 0.2) is 30.5 Å². The van der Waals surface area contributed by atoms with Crippen molar-refractivity contribution in [2.45, 2.75) is 43.9 Å². The number of nitrogens with one attached hydrogen (secondary N) is 2. The van der Waals surface area contributed by atoms with Crippen LogP contribution in [0.3, 0.4) is 0 Å². The normalized spacial score (nSPS) is 29.2. The zero-order valence-corrected chi connectivity index (χ0v) is 15.6. The molecule has 0 amide bonds. The molecule has 5 rings (SSSR count). The van der Waals surface area contributed by atoms with Crippen molar-refractivity contribution >= 4 is 33.8 Å². The third kappa shape index (κ3) is 2.53. The molecule has 4 nitrogen and oxygen atoms in total. The summed E-state index contributed by atoms with van der Waals surface area (Å²) in [5.74, 6) is 0. The molecule has 0 aliphatic carbocycles. The Bertz CT molecular complexity index is 936. The predicted molar refractivity (Wildman–Crippen MR) is 101 cm³/mol. The van der Waals surface area contributed by atoms with E-state index >= 15 is 0 Å². The van der Waals surface area contributed by atoms with Crippen LogP contribution in [0.2, 0.25) is 4.34 Å². The number of fused-ring (bicyclic) bond motifs is 3. The van der Waals surface area contributed by atoms with E-state index in [-0.39, 0.29) is 11.6 Å². The molecule has 0 unspecified atom stereocenters. The summed E-state index contributed by atoms with van der Waals surface area (Å²) in [6, 6.07) is 9.11. The van der Waals surface area contributed by atoms with E-state index in [0.717, 1.165) is 41.1 Å². The van der Waals surface area contributed by atoms with Gasteiger partial charge in [0.25, 0.3) is 0 Å². The summed E-state index contributed by atoms with van der Waals surface area (Å²) in [5, 5.41) is 12.3. The van der Waals surface area contributed by atoms with Gasteiger partial charge in [-0.25, -0.2) is 0 Å². The SMILES string of the molecule is C[C@H]1C[C@@]2(C[C@@H](c3cccc4cn[nH]c34)N1)OCCc1cc(Cl)sc12. The summed E-state index contributed by atoms with van der Waals surface area (Å²) in [6.07, 6.45) is 4.74. The molecule has 0 bridgehead atoms. The van der Waals surface area contributed by atoms with E-state index < -0.39 is 0 Å². The fraction of sp³-hybridized carbons (Fsp3) is 0.421. The second-order valence-electron chi connectivity index (χ2n) is 7.21. The summed E-state index contributed by atoms with van der Waals surface area (Å²) >= 11 is 8.03. The molecule has 1 aromatic carbocycles. The first kappa shape index (κ1) is 15.8. The molecule has 1 spiro atoms. The topological polar surface area (TPSA) is 49.9 Å². The highest BCUT2D eigenvalue weighted by molar-refractivity contribution is 7.16. The maximum Gasteiger partial charge on any atom is 0.106 e. The van der Waals surface area contributed by atoms with Crippen LogP contribution in [0.5, 0.6) is 0 Å². The van der Waals surface area contributed by atoms with Crippen LogP contribution in [-0.2, 0) is 16.8 Å². The molecule has 1 saturated heterocycles. The number of H-pyrrole nitrogens is 1. The lowest BCUT2D eigenvalue weighted by Crippen LogP contribution is -2.49. The number of hydrogen-bond donors (Lipinski definition) is 2. The molecule has 3 aromatic rings. The van der Waals surface area contributed by atoms with Gasteiger partial charge >= 0.3 is 0 Å². The maximum atomic E-state index is 6.45. The van der Waals surface area contributed by atoms with Gasteiger partial charge in [-0.3, -0.25) is 5.10 Å². The second-order valence-corrected chi connectivity index (χ2v) is 8.89. The van der Waals surface area contributed by atoms with Gasteiger partial charge in [0.1, 0.15) is 5.60 Å². The number of aromatic nitrogens is 2. The monoisotopic (exact) mass is 373 g/mol. The highest BCUT2D eigenvalue weighted by Gasteiger charge is 2.46. The first-order valence-electron chi connectivity index (χ1n) is 8.75. The van der Waals surface area contributed by atoms with Crippen LogP contribution in [0.1, 0.15) is 41.8 Å². The number of rotatable bonds is 1. The minimum atomic E-state index is -0.233. The number of halogens is 1. The zero-order chi connectivity index (χ0) is 17.0. The average molecular weight is 374 g/mol. The van der Waals surface area contributed by atoms with E-state index in [9.17, 15) is 0 Å². The molecule has 2 N–H and O–H groups in total. The van der Waals surface area contributed by atoms with Gasteiger partial charge < -0.3 is 10.1 Å². The number of aromatic amines is 1. The Balaban J connectivity index is 1.59. The lowest BCUT2D eigenvalue weighted by Gasteiger charge is -2.46. The largest absolute Gasteiger partial charge is 0.369 e. The molecule has 6 heteroatoms. The third-order valence-electron chi connectivity index (χ3n) is 5.48. The smallest absolute Gasteiger partial charge is 0.106 e. The van der Waals surface area contributed by atoms with Crippen molar-refractivity contribution in [2.24, 2.45) is 0 Å². The second kappa shape index (κ2) is 5.81. The molecular weight excluding hydrogens is 354 g/mol. The Hall–Kier alpha value is -1.40. The van der Waals surface area contributed by atoms with Gasteiger partial charge in [-0.1, -0.05) is 29.8 Å². The van der Waals surface area contributed by atoms with Gasteiger partial charge in [0.15, 0.2) is 0 Å². The van der Waals surface area contributed by atoms with Gasteiger partial charge in [-0.05, 0) is 37.0 Å². The Morgan fingerprint density at radius 3 is 3.20 bits per heavy atom. The van der Waals surface area contributed by atoms with Crippen molar-refractivity contribution in [3.8, 4) is 0 Å². The van der Waals surface area contributed by atoms with E-state index in [1.54, 1.807) is 11.3 Å². The average Bonchev–Trinajstić information content (AvgIpc) is 3.20. The molecule has 4 heterocycles. The number of ether oxygens (including phenoxy) is 1. The number of hydrogen-bond acceptors (Lipinski definition) is 4. The van der Waals surface area contributed by atoms with Crippen molar-refractivity contribution in [1.29, 1.82) is 0 Å². The Morgan fingerprint density at radius 2 is 2.28 bits per heavy atom. The minimum Gasteiger partial charge on any atom is -0.369 e. The van der Waals surface area contributed by atoms with Crippen molar-refractivity contribution in [2.75, 3.05) is 6.61 Å². The van der Waals surface area contributed by atoms with E-state index in [2.05, 4.69) is 46.7 Å². The summed E-state index contributed by atoms with van der Waals surface area (Å²) in [6.45, 7) is 3.02. The molecule has 25 heavy (non-hydrogen) atoms. The lowest BCUT2D eigenvalue weighted by atomic mass is 9.78. The first-order valence-corrected chi connectivity index (χ1v) is 9.95. The van der Waals surface area contributed by atoms with E-state index in [1.807, 2.05) is 6.20 Å². The summed E-state index contributed by atoms with van der Waals surface area (Å²) in [5.41, 5.74) is 3.51. The molecule has 0 saturated carbocycles. The van der Waals surface area contributed by atoms with Crippen molar-refractivity contribution in [3.63, 3.8) is 0 Å². The molecule has 0 radical (unpaired) electrons. The van der Waals surface area contributed by atoms with E-state index in [4.69, 9.17) is 16.3 Å². The predicted octanol–water partition coefficient (Wildman–Crippen LogP) is 4.56. The van der Waals surface area contributed by atoms with Crippen molar-refractivity contribution in [1.82, 2.24) is 15.5 Å². The Kier molecular flexibility index (Phi) is 3.68. The molecular formula is C19H20ClN3OS. The van der Waals surface area contributed by atoms with E-state index in [0.29, 0.717) is 6.04 Å². The number of benzene rings is 1. The Morgan fingerprint density at radius 1 is 1.36 bits per heavy atom. The van der Waals surface area contributed by atoms with Crippen LogP contribution in [0.4, 0.5) is 0 Å². The Labute approximate surface area is 155 Å². The van der Waals surface area contributed by atoms with Crippen LogP contribution < -0.4 is 5.32 Å². The highest BCUT2D eigenvalue weighted by atomic mass is 35.5. The fourth-order valence-electron chi connectivity index (χ4n) is 4.54. The minimum absolute atomic E-state index is 0.222. The van der Waals surface area contributed by atoms with Gasteiger partial charge in [-0.2, -0.15) is 5.10 Å². The van der Waals surface area contributed by atoms with Gasteiger partial charge in [-0.15, -0.1) is 11.3 Å². The highest BCUT2D eigenvalue weighted by Crippen LogP contribution is 2.50. The zero-order valence-electron chi connectivity index (χ0n) is 14.0. The standard InChI is InChI=1S/C19H20ClN3OS/c1-11-8-19(18-12(5-6-24-19)7-16(20)25-18)9-15(22-11)14-4-2-3-13-10-21-23-17(13)14/h2-4,7,10-11,15,22H,5-6,8-9H2,1H3,(H,21,23)/t11-,15-,19-/m0/s1. The lowest BCUT2D eigenvalue weighted by molar-refractivity contribution is -0.0953. The van der Waals surface area contributed by atoms with Crippen molar-refractivity contribution < 1.29 is 4.74 Å². The van der Waals surface area contributed by atoms with Crippen LogP contribution >= 0.6 is 22.9 Å².